The lowest BCUT2D eigenvalue weighted by Gasteiger charge is -2.07. The van der Waals surface area contributed by atoms with Crippen molar-refractivity contribution in [2.45, 2.75) is 26.8 Å². The third-order valence-corrected chi connectivity index (χ3v) is 3.03. The summed E-state index contributed by atoms with van der Waals surface area (Å²) in [5, 5.41) is 9.43. The number of amides is 2. The minimum Gasteiger partial charge on any atom is -0.361 e. The summed E-state index contributed by atoms with van der Waals surface area (Å²) < 4.78 is 5.04. The summed E-state index contributed by atoms with van der Waals surface area (Å²) in [5.41, 5.74) is 2.82. The number of pyridine rings is 1. The molecule has 0 aliphatic rings. The Labute approximate surface area is 117 Å². The molecule has 2 N–H and O–H groups in total. The summed E-state index contributed by atoms with van der Waals surface area (Å²) in [6.07, 6.45) is 4.28. The minimum absolute atomic E-state index is 0.200. The zero-order valence-electron chi connectivity index (χ0n) is 11.6. The standard InChI is InChI=1S/C14H18N4O2/c1-10-13(11(2)20-18-10)9-17-14(19)16-7-5-12-4-3-6-15-8-12/h3-4,6,8H,5,7,9H2,1-2H3,(H2,16,17,19). The lowest BCUT2D eigenvalue weighted by molar-refractivity contribution is 0.240. The SMILES string of the molecule is Cc1noc(C)c1CNC(=O)NCCc1cccnc1. The fourth-order valence-corrected chi connectivity index (χ4v) is 1.85. The molecule has 0 radical (unpaired) electrons. The second-order valence-electron chi connectivity index (χ2n) is 4.52. The van der Waals surface area contributed by atoms with Crippen LogP contribution in [0, 0.1) is 13.8 Å². The highest BCUT2D eigenvalue weighted by Gasteiger charge is 2.09. The number of hydrogen-bond acceptors (Lipinski definition) is 4. The van der Waals surface area contributed by atoms with Crippen molar-refractivity contribution in [3.63, 3.8) is 0 Å². The molecule has 0 atom stereocenters. The topological polar surface area (TPSA) is 80.0 Å². The van der Waals surface area contributed by atoms with E-state index in [1.807, 2.05) is 26.0 Å². The van der Waals surface area contributed by atoms with Crippen molar-refractivity contribution in [2.24, 2.45) is 0 Å². The lowest BCUT2D eigenvalue weighted by Crippen LogP contribution is -2.36. The Kier molecular flexibility index (Phi) is 4.70. The Hall–Kier alpha value is -2.37. The summed E-state index contributed by atoms with van der Waals surface area (Å²) in [6.45, 7) is 4.67. The Morgan fingerprint density at radius 1 is 1.35 bits per heavy atom. The highest BCUT2D eigenvalue weighted by Crippen LogP contribution is 2.11. The molecule has 0 aliphatic carbocycles. The fraction of sp³-hybridized carbons (Fsp3) is 0.357. The predicted octanol–water partition coefficient (Wildman–Crippen LogP) is 1.73. The molecule has 0 aliphatic heterocycles. The van der Waals surface area contributed by atoms with Gasteiger partial charge in [-0.05, 0) is 31.9 Å². The number of rotatable bonds is 5. The van der Waals surface area contributed by atoms with Crippen LogP contribution in [-0.4, -0.2) is 22.7 Å². The molecule has 6 heteroatoms. The van der Waals surface area contributed by atoms with Crippen LogP contribution < -0.4 is 10.6 Å². The van der Waals surface area contributed by atoms with Crippen LogP contribution in [0.25, 0.3) is 0 Å². The second-order valence-corrected chi connectivity index (χ2v) is 4.52. The van der Waals surface area contributed by atoms with Crippen LogP contribution in [0.15, 0.2) is 29.0 Å². The van der Waals surface area contributed by atoms with Crippen molar-refractivity contribution in [1.82, 2.24) is 20.8 Å². The first-order chi connectivity index (χ1) is 9.66. The van der Waals surface area contributed by atoms with E-state index in [2.05, 4.69) is 20.8 Å². The Morgan fingerprint density at radius 3 is 2.85 bits per heavy atom. The molecule has 2 rings (SSSR count). The first-order valence-electron chi connectivity index (χ1n) is 6.49. The van der Waals surface area contributed by atoms with E-state index in [-0.39, 0.29) is 6.03 Å². The van der Waals surface area contributed by atoms with Gasteiger partial charge in [-0.1, -0.05) is 11.2 Å². The van der Waals surface area contributed by atoms with Crippen LogP contribution in [0.5, 0.6) is 0 Å². The maximum absolute atomic E-state index is 11.7. The first kappa shape index (κ1) is 14.0. The molecule has 2 aromatic heterocycles. The number of nitrogens with one attached hydrogen (secondary N) is 2. The summed E-state index contributed by atoms with van der Waals surface area (Å²) in [7, 11) is 0. The second kappa shape index (κ2) is 6.70. The molecule has 0 saturated heterocycles. The molecule has 2 amide bonds. The van der Waals surface area contributed by atoms with Crippen molar-refractivity contribution >= 4 is 6.03 Å². The van der Waals surface area contributed by atoms with Gasteiger partial charge in [0.15, 0.2) is 0 Å². The molecular weight excluding hydrogens is 256 g/mol. The third-order valence-electron chi connectivity index (χ3n) is 3.03. The van der Waals surface area contributed by atoms with Crippen LogP contribution in [0.3, 0.4) is 0 Å². The highest BCUT2D eigenvalue weighted by atomic mass is 16.5. The molecule has 2 heterocycles. The minimum atomic E-state index is -0.200. The summed E-state index contributed by atoms with van der Waals surface area (Å²) in [6, 6.07) is 3.66. The van der Waals surface area contributed by atoms with E-state index in [1.165, 1.54) is 0 Å². The molecule has 106 valence electrons. The molecule has 0 unspecified atom stereocenters. The normalized spacial score (nSPS) is 10.3. The monoisotopic (exact) mass is 274 g/mol. The van der Waals surface area contributed by atoms with E-state index in [0.29, 0.717) is 13.1 Å². The van der Waals surface area contributed by atoms with Crippen molar-refractivity contribution in [3.05, 3.63) is 47.1 Å². The number of urea groups is 1. The van der Waals surface area contributed by atoms with E-state index in [9.17, 15) is 4.79 Å². The van der Waals surface area contributed by atoms with E-state index in [0.717, 1.165) is 29.0 Å². The van der Waals surface area contributed by atoms with Crippen LogP contribution in [0.2, 0.25) is 0 Å². The Morgan fingerprint density at radius 2 is 2.20 bits per heavy atom. The van der Waals surface area contributed by atoms with Gasteiger partial charge in [-0.25, -0.2) is 4.79 Å². The average molecular weight is 274 g/mol. The van der Waals surface area contributed by atoms with Gasteiger partial charge in [-0.2, -0.15) is 0 Å². The van der Waals surface area contributed by atoms with Gasteiger partial charge in [0, 0.05) is 31.0 Å². The van der Waals surface area contributed by atoms with Crippen molar-refractivity contribution < 1.29 is 9.32 Å². The van der Waals surface area contributed by atoms with Crippen LogP contribution >= 0.6 is 0 Å². The molecule has 0 bridgehead atoms. The van der Waals surface area contributed by atoms with Gasteiger partial charge in [-0.3, -0.25) is 4.98 Å². The number of aryl methyl sites for hydroxylation is 2. The molecule has 0 aromatic carbocycles. The zero-order chi connectivity index (χ0) is 14.4. The molecule has 0 fully saturated rings. The molecule has 2 aromatic rings. The van der Waals surface area contributed by atoms with Gasteiger partial charge in [0.25, 0.3) is 0 Å². The first-order valence-corrected chi connectivity index (χ1v) is 6.49. The smallest absolute Gasteiger partial charge is 0.315 e. The molecule has 0 saturated carbocycles. The summed E-state index contributed by atoms with van der Waals surface area (Å²) in [5.74, 6) is 0.734. The summed E-state index contributed by atoms with van der Waals surface area (Å²) in [4.78, 5) is 15.7. The maximum Gasteiger partial charge on any atom is 0.315 e. The molecular formula is C14H18N4O2. The molecule has 6 nitrogen and oxygen atoms in total. The van der Waals surface area contributed by atoms with E-state index >= 15 is 0 Å². The predicted molar refractivity (Wildman–Crippen MR) is 74.2 cm³/mol. The quantitative estimate of drug-likeness (QED) is 0.870. The van der Waals surface area contributed by atoms with Gasteiger partial charge in [0.05, 0.1) is 5.69 Å². The van der Waals surface area contributed by atoms with Gasteiger partial charge in [-0.15, -0.1) is 0 Å². The number of carbonyl (C=O) groups is 1. The van der Waals surface area contributed by atoms with Crippen molar-refractivity contribution in [1.29, 1.82) is 0 Å². The molecule has 0 spiro atoms. The largest absolute Gasteiger partial charge is 0.361 e. The van der Waals surface area contributed by atoms with Gasteiger partial charge >= 0.3 is 6.03 Å². The third kappa shape index (κ3) is 3.81. The molecule has 20 heavy (non-hydrogen) atoms. The van der Waals surface area contributed by atoms with E-state index in [1.54, 1.807) is 12.4 Å². The zero-order valence-corrected chi connectivity index (χ0v) is 11.6. The van der Waals surface area contributed by atoms with Crippen LogP contribution in [0.4, 0.5) is 4.79 Å². The average Bonchev–Trinajstić information content (AvgIpc) is 2.77. The van der Waals surface area contributed by atoms with Crippen molar-refractivity contribution in [3.8, 4) is 0 Å². The fourth-order valence-electron chi connectivity index (χ4n) is 1.85. The van der Waals surface area contributed by atoms with E-state index < -0.39 is 0 Å². The van der Waals surface area contributed by atoms with Gasteiger partial charge in [0.1, 0.15) is 5.76 Å². The number of carbonyl (C=O) groups excluding carboxylic acids is 1. The van der Waals surface area contributed by atoms with Crippen molar-refractivity contribution in [2.75, 3.05) is 6.54 Å². The number of nitrogens with zero attached hydrogens (tertiary/aromatic N) is 2. The van der Waals surface area contributed by atoms with Gasteiger partial charge < -0.3 is 15.2 Å². The van der Waals surface area contributed by atoms with E-state index in [4.69, 9.17) is 4.52 Å². The Balaban J connectivity index is 1.71. The summed E-state index contributed by atoms with van der Waals surface area (Å²) >= 11 is 0. The number of aromatic nitrogens is 2. The lowest BCUT2D eigenvalue weighted by atomic mass is 10.2. The number of hydrogen-bond donors (Lipinski definition) is 2. The van der Waals surface area contributed by atoms with Crippen LogP contribution in [-0.2, 0) is 13.0 Å². The van der Waals surface area contributed by atoms with Gasteiger partial charge in [0.2, 0.25) is 0 Å². The Bertz CT molecular complexity index is 546. The maximum atomic E-state index is 11.7. The highest BCUT2D eigenvalue weighted by molar-refractivity contribution is 5.73. The van der Waals surface area contributed by atoms with Crippen LogP contribution in [0.1, 0.15) is 22.6 Å².